The van der Waals surface area contributed by atoms with Gasteiger partial charge in [-0.3, -0.25) is 4.79 Å². The number of carbonyl (C=O) groups excluding carboxylic acids is 1. The molecule has 0 N–H and O–H groups in total. The topological polar surface area (TPSA) is 30.0 Å². The summed E-state index contributed by atoms with van der Waals surface area (Å²) >= 11 is 1.48. The number of carbonyl (C=O) groups is 1. The Balaban J connectivity index is 2.53. The minimum absolute atomic E-state index is 0.183. The molecule has 1 heterocycles. The summed E-state index contributed by atoms with van der Waals surface area (Å²) in [5.74, 6) is 0.693. The van der Waals surface area contributed by atoms with Gasteiger partial charge >= 0.3 is 0 Å². The van der Waals surface area contributed by atoms with Crippen molar-refractivity contribution in [2.24, 2.45) is 0 Å². The summed E-state index contributed by atoms with van der Waals surface area (Å²) in [4.78, 5) is 14.8. The van der Waals surface area contributed by atoms with Gasteiger partial charge in [-0.25, -0.2) is 4.98 Å². The maximum absolute atomic E-state index is 10.6. The van der Waals surface area contributed by atoms with Crippen molar-refractivity contribution in [3.63, 3.8) is 0 Å². The highest BCUT2D eigenvalue weighted by Crippen LogP contribution is 2.14. The first kappa shape index (κ1) is 9.26. The summed E-state index contributed by atoms with van der Waals surface area (Å²) in [6, 6.07) is 3.93. The molecule has 1 rings (SSSR count). The van der Waals surface area contributed by atoms with Crippen LogP contribution >= 0.6 is 11.8 Å². The SMILES string of the molecule is CC(=O)CSc1ccc(C)cn1. The van der Waals surface area contributed by atoms with Crippen LogP contribution in [-0.4, -0.2) is 16.5 Å². The maximum Gasteiger partial charge on any atom is 0.140 e. The van der Waals surface area contributed by atoms with Crippen molar-refractivity contribution in [3.8, 4) is 0 Å². The molecule has 64 valence electrons. The van der Waals surface area contributed by atoms with E-state index in [-0.39, 0.29) is 5.78 Å². The number of pyridine rings is 1. The average molecular weight is 181 g/mol. The normalized spacial score (nSPS) is 9.83. The molecule has 0 aliphatic heterocycles. The summed E-state index contributed by atoms with van der Waals surface area (Å²) in [7, 11) is 0. The van der Waals surface area contributed by atoms with E-state index in [0.29, 0.717) is 5.75 Å². The number of Topliss-reactive ketones (excluding diaryl/α,β-unsaturated/α-hetero) is 1. The number of rotatable bonds is 3. The second-order valence-electron chi connectivity index (χ2n) is 2.66. The van der Waals surface area contributed by atoms with E-state index >= 15 is 0 Å². The first-order valence-corrected chi connectivity index (χ1v) is 4.72. The van der Waals surface area contributed by atoms with E-state index in [4.69, 9.17) is 0 Å². The molecule has 0 amide bonds. The molecule has 0 unspecified atom stereocenters. The van der Waals surface area contributed by atoms with Gasteiger partial charge < -0.3 is 0 Å². The van der Waals surface area contributed by atoms with Gasteiger partial charge in [-0.1, -0.05) is 17.8 Å². The predicted molar refractivity (Wildman–Crippen MR) is 50.4 cm³/mol. The van der Waals surface area contributed by atoms with E-state index in [1.807, 2.05) is 25.3 Å². The predicted octanol–water partition coefficient (Wildman–Crippen LogP) is 2.07. The van der Waals surface area contributed by atoms with Crippen molar-refractivity contribution in [1.29, 1.82) is 0 Å². The molecule has 0 aliphatic carbocycles. The number of aromatic nitrogens is 1. The smallest absolute Gasteiger partial charge is 0.140 e. The molecule has 0 radical (unpaired) electrons. The van der Waals surface area contributed by atoms with Gasteiger partial charge in [-0.05, 0) is 25.5 Å². The van der Waals surface area contributed by atoms with Crippen molar-refractivity contribution in [2.45, 2.75) is 18.9 Å². The van der Waals surface area contributed by atoms with Crippen molar-refractivity contribution in [3.05, 3.63) is 23.9 Å². The highest BCUT2D eigenvalue weighted by Gasteiger charge is 1.97. The van der Waals surface area contributed by atoms with Gasteiger partial charge in [0, 0.05) is 6.20 Å². The Morgan fingerprint density at radius 1 is 1.58 bits per heavy atom. The number of hydrogen-bond donors (Lipinski definition) is 0. The van der Waals surface area contributed by atoms with Crippen LogP contribution in [0, 0.1) is 6.92 Å². The summed E-state index contributed by atoms with van der Waals surface area (Å²) in [6.45, 7) is 3.58. The quantitative estimate of drug-likeness (QED) is 0.669. The second-order valence-corrected chi connectivity index (χ2v) is 3.66. The van der Waals surface area contributed by atoms with Crippen LogP contribution in [0.1, 0.15) is 12.5 Å². The summed E-state index contributed by atoms with van der Waals surface area (Å²) in [5, 5.41) is 0.913. The number of thioether (sulfide) groups is 1. The van der Waals surface area contributed by atoms with Crippen LogP contribution in [0.15, 0.2) is 23.4 Å². The molecule has 0 fully saturated rings. The molecule has 1 aromatic heterocycles. The monoisotopic (exact) mass is 181 g/mol. The lowest BCUT2D eigenvalue weighted by Crippen LogP contribution is -1.93. The largest absolute Gasteiger partial charge is 0.299 e. The van der Waals surface area contributed by atoms with Gasteiger partial charge in [0.05, 0.1) is 10.8 Å². The van der Waals surface area contributed by atoms with Crippen molar-refractivity contribution >= 4 is 17.5 Å². The number of hydrogen-bond acceptors (Lipinski definition) is 3. The van der Waals surface area contributed by atoms with Crippen LogP contribution in [-0.2, 0) is 4.79 Å². The van der Waals surface area contributed by atoms with E-state index in [1.54, 1.807) is 6.92 Å². The van der Waals surface area contributed by atoms with Gasteiger partial charge in [-0.2, -0.15) is 0 Å². The van der Waals surface area contributed by atoms with Crippen LogP contribution in [0.25, 0.3) is 0 Å². The molecule has 1 aromatic rings. The molecule has 0 bridgehead atoms. The fraction of sp³-hybridized carbons (Fsp3) is 0.333. The van der Waals surface area contributed by atoms with Crippen LogP contribution in [0.2, 0.25) is 0 Å². The van der Waals surface area contributed by atoms with E-state index in [1.165, 1.54) is 11.8 Å². The molecule has 0 aliphatic rings. The lowest BCUT2D eigenvalue weighted by Gasteiger charge is -1.97. The average Bonchev–Trinajstić information content (AvgIpc) is 2.03. The molecule has 2 nitrogen and oxygen atoms in total. The van der Waals surface area contributed by atoms with E-state index in [2.05, 4.69) is 4.98 Å². The molecule has 0 spiro atoms. The molecule has 0 saturated carbocycles. The van der Waals surface area contributed by atoms with Gasteiger partial charge in [0.1, 0.15) is 5.78 Å². The Morgan fingerprint density at radius 2 is 2.33 bits per heavy atom. The first-order chi connectivity index (χ1) is 5.68. The third kappa shape index (κ3) is 3.05. The molecule has 0 saturated heterocycles. The van der Waals surface area contributed by atoms with Gasteiger partial charge in [-0.15, -0.1) is 0 Å². The number of aryl methyl sites for hydroxylation is 1. The summed E-state index contributed by atoms with van der Waals surface area (Å²) in [6.07, 6.45) is 1.81. The lowest BCUT2D eigenvalue weighted by atomic mass is 10.3. The van der Waals surface area contributed by atoms with E-state index < -0.39 is 0 Å². The van der Waals surface area contributed by atoms with Crippen LogP contribution in [0.5, 0.6) is 0 Å². The van der Waals surface area contributed by atoms with Crippen molar-refractivity contribution < 1.29 is 4.79 Å². The van der Waals surface area contributed by atoms with Crippen molar-refractivity contribution in [1.82, 2.24) is 4.98 Å². The second kappa shape index (κ2) is 4.26. The number of ketones is 1. The fourth-order valence-corrected chi connectivity index (χ4v) is 1.36. The van der Waals surface area contributed by atoms with Gasteiger partial charge in [0.2, 0.25) is 0 Å². The summed E-state index contributed by atoms with van der Waals surface area (Å²) < 4.78 is 0. The van der Waals surface area contributed by atoms with Crippen LogP contribution in [0.4, 0.5) is 0 Å². The molecule has 0 atom stereocenters. The van der Waals surface area contributed by atoms with Crippen LogP contribution in [0.3, 0.4) is 0 Å². The minimum Gasteiger partial charge on any atom is -0.299 e. The highest BCUT2D eigenvalue weighted by atomic mass is 32.2. The first-order valence-electron chi connectivity index (χ1n) is 3.73. The minimum atomic E-state index is 0.183. The third-order valence-corrected chi connectivity index (χ3v) is 2.40. The van der Waals surface area contributed by atoms with E-state index in [9.17, 15) is 4.79 Å². The molecular weight excluding hydrogens is 170 g/mol. The molecular formula is C9H11NOS. The zero-order chi connectivity index (χ0) is 8.97. The Hall–Kier alpha value is -0.830. The molecule has 0 aromatic carbocycles. The Morgan fingerprint density at radius 3 is 2.83 bits per heavy atom. The Bertz CT molecular complexity index is 268. The van der Waals surface area contributed by atoms with E-state index in [0.717, 1.165) is 10.6 Å². The summed E-state index contributed by atoms with van der Waals surface area (Å²) in [5.41, 5.74) is 1.14. The zero-order valence-corrected chi connectivity index (χ0v) is 8.02. The van der Waals surface area contributed by atoms with Gasteiger partial charge in [0.15, 0.2) is 0 Å². The zero-order valence-electron chi connectivity index (χ0n) is 7.20. The standard InChI is InChI=1S/C9H11NOS/c1-7-3-4-9(10-5-7)12-6-8(2)11/h3-5H,6H2,1-2H3. The van der Waals surface area contributed by atoms with Gasteiger partial charge in [0.25, 0.3) is 0 Å². The lowest BCUT2D eigenvalue weighted by molar-refractivity contribution is -0.114. The molecule has 3 heteroatoms. The maximum atomic E-state index is 10.6. The van der Waals surface area contributed by atoms with Crippen molar-refractivity contribution in [2.75, 3.05) is 5.75 Å². The Kier molecular flexibility index (Phi) is 3.29. The fourth-order valence-electron chi connectivity index (χ4n) is 0.715. The number of nitrogens with zero attached hydrogens (tertiary/aromatic N) is 1. The third-order valence-electron chi connectivity index (χ3n) is 1.31. The highest BCUT2D eigenvalue weighted by molar-refractivity contribution is 7.99. The van der Waals surface area contributed by atoms with Crippen LogP contribution < -0.4 is 0 Å². The Labute approximate surface area is 76.4 Å². The molecule has 12 heavy (non-hydrogen) atoms.